The van der Waals surface area contributed by atoms with E-state index in [0.29, 0.717) is 54.7 Å². The maximum atomic E-state index is 13.1. The minimum atomic E-state index is -0.413. The summed E-state index contributed by atoms with van der Waals surface area (Å²) in [6, 6.07) is 17.1. The van der Waals surface area contributed by atoms with Gasteiger partial charge in [-0.3, -0.25) is 20.4 Å². The van der Waals surface area contributed by atoms with Gasteiger partial charge < -0.3 is 9.64 Å². The number of fused-ring (bicyclic) bond motifs is 1. The molecule has 8 nitrogen and oxygen atoms in total. The van der Waals surface area contributed by atoms with Crippen LogP contribution in [0.1, 0.15) is 35.7 Å². The van der Waals surface area contributed by atoms with Crippen molar-refractivity contribution in [1.82, 2.24) is 20.7 Å². The number of hydrazine groups is 1. The van der Waals surface area contributed by atoms with Gasteiger partial charge in [0.1, 0.15) is 0 Å². The van der Waals surface area contributed by atoms with E-state index in [1.165, 1.54) is 0 Å². The molecule has 0 saturated carbocycles. The van der Waals surface area contributed by atoms with Crippen molar-refractivity contribution in [3.8, 4) is 11.3 Å². The van der Waals surface area contributed by atoms with Crippen LogP contribution in [0.3, 0.4) is 0 Å². The van der Waals surface area contributed by atoms with E-state index in [4.69, 9.17) is 9.72 Å². The molecule has 1 saturated heterocycles. The number of aromatic nitrogens is 1. The van der Waals surface area contributed by atoms with Crippen molar-refractivity contribution in [3.63, 3.8) is 0 Å². The minimum Gasteiger partial charge on any atom is -0.450 e. The smallest absolute Gasteiger partial charge is 0.409 e. The number of ether oxygens (including phenoxy) is 1. The Kier molecular flexibility index (Phi) is 7.06. The molecule has 0 unspecified atom stereocenters. The fraction of sp³-hybridized carbons (Fsp3) is 0.308. The fourth-order valence-corrected chi connectivity index (χ4v) is 4.06. The molecule has 0 aliphatic carbocycles. The zero-order valence-corrected chi connectivity index (χ0v) is 19.3. The summed E-state index contributed by atoms with van der Waals surface area (Å²) in [7, 11) is 0. The first-order chi connectivity index (χ1) is 16.5. The van der Waals surface area contributed by atoms with Crippen molar-refractivity contribution in [2.75, 3.05) is 19.7 Å². The normalized spacial score (nSPS) is 14.0. The summed E-state index contributed by atoms with van der Waals surface area (Å²) >= 11 is 0. The van der Waals surface area contributed by atoms with Crippen LogP contribution in [0.4, 0.5) is 4.79 Å². The molecule has 1 aliphatic heterocycles. The molecule has 0 radical (unpaired) electrons. The third-order valence-electron chi connectivity index (χ3n) is 6.00. The van der Waals surface area contributed by atoms with Gasteiger partial charge in [-0.15, -0.1) is 0 Å². The Bertz CT molecular complexity index is 1200. The zero-order chi connectivity index (χ0) is 24.1. The summed E-state index contributed by atoms with van der Waals surface area (Å²) in [4.78, 5) is 43.9. The number of benzene rings is 2. The van der Waals surface area contributed by atoms with E-state index < -0.39 is 5.91 Å². The van der Waals surface area contributed by atoms with Gasteiger partial charge in [0, 0.05) is 30.0 Å². The molecule has 1 fully saturated rings. The van der Waals surface area contributed by atoms with E-state index >= 15 is 0 Å². The quantitative estimate of drug-likeness (QED) is 0.576. The number of pyridine rings is 1. The molecule has 8 heteroatoms. The molecule has 2 heterocycles. The second-order valence-corrected chi connectivity index (χ2v) is 8.34. The van der Waals surface area contributed by atoms with Crippen molar-refractivity contribution in [1.29, 1.82) is 0 Å². The van der Waals surface area contributed by atoms with Crippen molar-refractivity contribution in [2.45, 2.75) is 26.7 Å². The Balaban J connectivity index is 1.45. The van der Waals surface area contributed by atoms with E-state index in [2.05, 4.69) is 10.9 Å². The Morgan fingerprint density at radius 3 is 2.44 bits per heavy atom. The van der Waals surface area contributed by atoms with Crippen LogP contribution in [0, 0.1) is 12.8 Å². The number of hydrogen-bond acceptors (Lipinski definition) is 5. The lowest BCUT2D eigenvalue weighted by Crippen LogP contribution is -2.48. The van der Waals surface area contributed by atoms with Crippen LogP contribution in [-0.4, -0.2) is 47.5 Å². The van der Waals surface area contributed by atoms with Crippen LogP contribution < -0.4 is 10.9 Å². The van der Waals surface area contributed by atoms with Gasteiger partial charge in [0.05, 0.1) is 23.4 Å². The number of rotatable bonds is 4. The highest BCUT2D eigenvalue weighted by molar-refractivity contribution is 6.07. The Morgan fingerprint density at radius 1 is 1.03 bits per heavy atom. The van der Waals surface area contributed by atoms with Gasteiger partial charge in [-0.2, -0.15) is 0 Å². The average Bonchev–Trinajstić information content (AvgIpc) is 2.87. The maximum Gasteiger partial charge on any atom is 0.409 e. The van der Waals surface area contributed by atoms with Crippen LogP contribution in [0.15, 0.2) is 54.6 Å². The van der Waals surface area contributed by atoms with E-state index in [-0.39, 0.29) is 17.9 Å². The lowest BCUT2D eigenvalue weighted by atomic mass is 9.96. The Labute approximate surface area is 198 Å². The molecule has 1 aliphatic rings. The van der Waals surface area contributed by atoms with Gasteiger partial charge in [-0.1, -0.05) is 48.0 Å². The predicted molar refractivity (Wildman–Crippen MR) is 129 cm³/mol. The summed E-state index contributed by atoms with van der Waals surface area (Å²) in [5.74, 6) is -0.971. The summed E-state index contributed by atoms with van der Waals surface area (Å²) in [6.07, 6.45) is 0.663. The summed E-state index contributed by atoms with van der Waals surface area (Å²) in [5, 5.41) is 0.702. The number of likely N-dealkylation sites (tertiary alicyclic amines) is 1. The van der Waals surface area contributed by atoms with Crippen molar-refractivity contribution in [2.24, 2.45) is 5.92 Å². The summed E-state index contributed by atoms with van der Waals surface area (Å²) in [5.41, 5.74) is 8.97. The topological polar surface area (TPSA) is 101 Å². The van der Waals surface area contributed by atoms with Gasteiger partial charge >= 0.3 is 6.09 Å². The molecule has 176 valence electrons. The van der Waals surface area contributed by atoms with Gasteiger partial charge in [-0.05, 0) is 38.8 Å². The van der Waals surface area contributed by atoms with Crippen LogP contribution >= 0.6 is 0 Å². The van der Waals surface area contributed by atoms with Gasteiger partial charge in [0.2, 0.25) is 5.91 Å². The molecular formula is C26H28N4O4. The molecular weight excluding hydrogens is 432 g/mol. The number of nitrogens with zero attached hydrogens (tertiary/aromatic N) is 2. The second-order valence-electron chi connectivity index (χ2n) is 8.34. The van der Waals surface area contributed by atoms with Crippen LogP contribution in [0.5, 0.6) is 0 Å². The van der Waals surface area contributed by atoms with E-state index in [1.807, 2.05) is 55.5 Å². The highest BCUT2D eigenvalue weighted by atomic mass is 16.6. The number of carbonyl (C=O) groups excluding carboxylic acids is 3. The van der Waals surface area contributed by atoms with Crippen LogP contribution in [0.25, 0.3) is 22.2 Å². The van der Waals surface area contributed by atoms with Gasteiger partial charge in [-0.25, -0.2) is 9.78 Å². The van der Waals surface area contributed by atoms with E-state index in [9.17, 15) is 14.4 Å². The molecule has 0 atom stereocenters. The van der Waals surface area contributed by atoms with Crippen molar-refractivity contribution >= 4 is 28.8 Å². The molecule has 34 heavy (non-hydrogen) atoms. The first-order valence-electron chi connectivity index (χ1n) is 11.4. The largest absolute Gasteiger partial charge is 0.450 e. The summed E-state index contributed by atoms with van der Waals surface area (Å²) < 4.78 is 5.01. The number of para-hydroxylation sites is 1. The lowest BCUT2D eigenvalue weighted by molar-refractivity contribution is -0.127. The molecule has 2 aromatic carbocycles. The monoisotopic (exact) mass is 460 g/mol. The first kappa shape index (κ1) is 23.2. The maximum absolute atomic E-state index is 13.1. The standard InChI is InChI=1S/C26H28N4O4/c1-3-34-26(33)30-14-12-19(13-15-30)24(31)28-29-25(32)21-16-23(18-10-8-17(2)9-11-18)27-22-7-5-4-6-20(21)22/h4-11,16,19H,3,12-15H2,1-2H3,(H,28,31)(H,29,32). The molecule has 4 rings (SSSR count). The van der Waals surface area contributed by atoms with Crippen molar-refractivity contribution in [3.05, 3.63) is 65.7 Å². The highest BCUT2D eigenvalue weighted by Gasteiger charge is 2.28. The molecule has 2 N–H and O–H groups in total. The fourth-order valence-electron chi connectivity index (χ4n) is 4.06. The predicted octanol–water partition coefficient (Wildman–Crippen LogP) is 3.84. The summed E-state index contributed by atoms with van der Waals surface area (Å²) in [6.45, 7) is 4.98. The number of hydrogen-bond donors (Lipinski definition) is 2. The molecule has 1 aromatic heterocycles. The molecule has 0 bridgehead atoms. The number of amides is 3. The minimum absolute atomic E-state index is 0.269. The third kappa shape index (κ3) is 5.17. The van der Waals surface area contributed by atoms with Gasteiger partial charge in [0.15, 0.2) is 0 Å². The zero-order valence-electron chi connectivity index (χ0n) is 19.3. The second kappa shape index (κ2) is 10.3. The van der Waals surface area contributed by atoms with E-state index in [1.54, 1.807) is 17.9 Å². The Hall–Kier alpha value is -3.94. The number of nitrogens with one attached hydrogen (secondary N) is 2. The molecule has 3 amide bonds. The van der Waals surface area contributed by atoms with Crippen LogP contribution in [-0.2, 0) is 9.53 Å². The molecule has 0 spiro atoms. The SMILES string of the molecule is CCOC(=O)N1CCC(C(=O)NNC(=O)c2cc(-c3ccc(C)cc3)nc3ccccc23)CC1. The third-order valence-corrected chi connectivity index (χ3v) is 6.00. The van der Waals surface area contributed by atoms with Crippen molar-refractivity contribution < 1.29 is 19.1 Å². The highest BCUT2D eigenvalue weighted by Crippen LogP contribution is 2.25. The van der Waals surface area contributed by atoms with Gasteiger partial charge in [0.25, 0.3) is 5.91 Å². The molecule has 3 aromatic rings. The number of piperidine rings is 1. The van der Waals surface area contributed by atoms with Crippen LogP contribution in [0.2, 0.25) is 0 Å². The number of aryl methyl sites for hydroxylation is 1. The lowest BCUT2D eigenvalue weighted by Gasteiger charge is -2.30. The first-order valence-corrected chi connectivity index (χ1v) is 11.4. The Morgan fingerprint density at radius 2 is 1.74 bits per heavy atom. The number of carbonyl (C=O) groups is 3. The van der Waals surface area contributed by atoms with E-state index in [0.717, 1.165) is 11.1 Å². The average molecular weight is 461 g/mol.